The first-order valence-corrected chi connectivity index (χ1v) is 5.58. The van der Waals surface area contributed by atoms with E-state index in [0.717, 1.165) is 25.9 Å². The van der Waals surface area contributed by atoms with Gasteiger partial charge in [0, 0.05) is 13.7 Å². The molecule has 1 atom stereocenters. The number of carboxylic acid groups (broad SMARTS) is 1. The average molecular weight is 215 g/mol. The van der Waals surface area contributed by atoms with E-state index in [2.05, 4.69) is 4.90 Å². The van der Waals surface area contributed by atoms with E-state index in [-0.39, 0.29) is 0 Å². The van der Waals surface area contributed by atoms with Crippen LogP contribution in [0.5, 0.6) is 0 Å². The second kappa shape index (κ2) is 5.47. The van der Waals surface area contributed by atoms with Crippen LogP contribution >= 0.6 is 0 Å². The third-order valence-corrected chi connectivity index (χ3v) is 3.31. The molecule has 88 valence electrons. The van der Waals surface area contributed by atoms with Crippen LogP contribution in [0.25, 0.3) is 0 Å². The Hall–Kier alpha value is -0.610. The lowest BCUT2D eigenvalue weighted by molar-refractivity contribution is -0.152. The Balaban J connectivity index is 2.65. The number of carboxylic acids is 1. The van der Waals surface area contributed by atoms with Crippen LogP contribution in [0.15, 0.2) is 0 Å². The Morgan fingerprint density at radius 3 is 2.47 bits per heavy atom. The van der Waals surface area contributed by atoms with Crippen molar-refractivity contribution in [3.8, 4) is 0 Å². The summed E-state index contributed by atoms with van der Waals surface area (Å²) in [7, 11) is 1.61. The molecule has 0 saturated carbocycles. The molecule has 0 aromatic carbocycles. The summed E-state index contributed by atoms with van der Waals surface area (Å²) < 4.78 is 4.99. The second-order valence-corrected chi connectivity index (χ2v) is 4.37. The van der Waals surface area contributed by atoms with Crippen LogP contribution in [0.4, 0.5) is 0 Å². The highest BCUT2D eigenvalue weighted by Crippen LogP contribution is 2.24. The van der Waals surface area contributed by atoms with Gasteiger partial charge >= 0.3 is 5.97 Å². The molecular weight excluding hydrogens is 194 g/mol. The number of nitrogens with zero attached hydrogens (tertiary/aromatic N) is 1. The number of ether oxygens (including phenoxy) is 1. The summed E-state index contributed by atoms with van der Waals surface area (Å²) in [6, 6.07) is 0. The molecule has 0 aliphatic carbocycles. The van der Waals surface area contributed by atoms with Gasteiger partial charge < -0.3 is 9.84 Å². The van der Waals surface area contributed by atoms with Crippen molar-refractivity contribution in [2.45, 2.75) is 38.1 Å². The van der Waals surface area contributed by atoms with Crippen LogP contribution in [0.2, 0.25) is 0 Å². The summed E-state index contributed by atoms with van der Waals surface area (Å²) in [4.78, 5) is 13.4. The molecule has 1 unspecified atom stereocenters. The van der Waals surface area contributed by atoms with Gasteiger partial charge in [0.2, 0.25) is 0 Å². The molecule has 0 amide bonds. The first-order valence-electron chi connectivity index (χ1n) is 5.58. The molecule has 1 N–H and O–H groups in total. The van der Waals surface area contributed by atoms with Crippen molar-refractivity contribution in [3.05, 3.63) is 0 Å². The first kappa shape index (κ1) is 12.5. The molecule has 1 aliphatic heterocycles. The number of aliphatic carboxylic acids is 1. The lowest BCUT2D eigenvalue weighted by Crippen LogP contribution is -2.54. The Kier molecular flexibility index (Phi) is 4.54. The van der Waals surface area contributed by atoms with E-state index in [1.807, 2.05) is 0 Å². The van der Waals surface area contributed by atoms with Crippen LogP contribution in [0.3, 0.4) is 0 Å². The SMILES string of the molecule is COCCC(C)(C(=O)O)N1CCCCC1. The molecule has 0 aromatic rings. The smallest absolute Gasteiger partial charge is 0.323 e. The predicted molar refractivity (Wildman–Crippen MR) is 58.0 cm³/mol. The molecule has 0 aromatic heterocycles. The Bertz CT molecular complexity index is 214. The zero-order chi connectivity index (χ0) is 11.3. The van der Waals surface area contributed by atoms with Crippen molar-refractivity contribution >= 4 is 5.97 Å². The van der Waals surface area contributed by atoms with E-state index >= 15 is 0 Å². The second-order valence-electron chi connectivity index (χ2n) is 4.37. The highest BCUT2D eigenvalue weighted by molar-refractivity contribution is 5.78. The van der Waals surface area contributed by atoms with Crippen molar-refractivity contribution in [1.82, 2.24) is 4.90 Å². The van der Waals surface area contributed by atoms with Crippen LogP contribution in [0, 0.1) is 0 Å². The van der Waals surface area contributed by atoms with Gasteiger partial charge in [0.25, 0.3) is 0 Å². The number of hydrogen-bond acceptors (Lipinski definition) is 3. The Morgan fingerprint density at radius 1 is 1.40 bits per heavy atom. The van der Waals surface area contributed by atoms with Crippen molar-refractivity contribution in [1.29, 1.82) is 0 Å². The minimum Gasteiger partial charge on any atom is -0.480 e. The average Bonchev–Trinajstić information content (AvgIpc) is 2.27. The Morgan fingerprint density at radius 2 is 2.00 bits per heavy atom. The number of carbonyl (C=O) groups is 1. The molecule has 1 aliphatic rings. The monoisotopic (exact) mass is 215 g/mol. The normalized spacial score (nSPS) is 22.3. The fourth-order valence-corrected chi connectivity index (χ4v) is 2.09. The summed E-state index contributed by atoms with van der Waals surface area (Å²) in [5.41, 5.74) is -0.754. The highest BCUT2D eigenvalue weighted by Gasteiger charge is 2.39. The van der Waals surface area contributed by atoms with Gasteiger partial charge in [0.1, 0.15) is 5.54 Å². The van der Waals surface area contributed by atoms with E-state index < -0.39 is 11.5 Å². The van der Waals surface area contributed by atoms with Crippen molar-refractivity contribution in [2.24, 2.45) is 0 Å². The van der Waals surface area contributed by atoms with Crippen LogP contribution < -0.4 is 0 Å². The summed E-state index contributed by atoms with van der Waals surface area (Å²) in [5.74, 6) is -0.735. The van der Waals surface area contributed by atoms with E-state index in [1.165, 1.54) is 6.42 Å². The van der Waals surface area contributed by atoms with Crippen molar-refractivity contribution in [3.63, 3.8) is 0 Å². The summed E-state index contributed by atoms with van der Waals surface area (Å²) >= 11 is 0. The molecule has 4 nitrogen and oxygen atoms in total. The lowest BCUT2D eigenvalue weighted by atomic mass is 9.93. The molecule has 1 saturated heterocycles. The van der Waals surface area contributed by atoms with E-state index in [9.17, 15) is 9.90 Å². The van der Waals surface area contributed by atoms with Gasteiger partial charge in [-0.25, -0.2) is 0 Å². The maximum Gasteiger partial charge on any atom is 0.323 e. The third-order valence-electron chi connectivity index (χ3n) is 3.31. The Labute approximate surface area is 91.2 Å². The molecule has 0 bridgehead atoms. The summed E-state index contributed by atoms with van der Waals surface area (Å²) in [5, 5.41) is 9.31. The van der Waals surface area contributed by atoms with Gasteiger partial charge in [0.15, 0.2) is 0 Å². The molecule has 1 rings (SSSR count). The minimum atomic E-state index is -0.754. The first-order chi connectivity index (χ1) is 7.11. The predicted octanol–water partition coefficient (Wildman–Crippen LogP) is 1.35. The van der Waals surface area contributed by atoms with Crippen molar-refractivity contribution in [2.75, 3.05) is 26.8 Å². The molecule has 1 heterocycles. The largest absolute Gasteiger partial charge is 0.480 e. The molecule has 1 fully saturated rings. The number of methoxy groups -OCH3 is 1. The third kappa shape index (κ3) is 2.92. The van der Waals surface area contributed by atoms with Crippen LogP contribution in [0.1, 0.15) is 32.6 Å². The topological polar surface area (TPSA) is 49.8 Å². The molecule has 0 radical (unpaired) electrons. The minimum absolute atomic E-state index is 0.499. The number of likely N-dealkylation sites (tertiary alicyclic amines) is 1. The fourth-order valence-electron chi connectivity index (χ4n) is 2.09. The van der Waals surface area contributed by atoms with Gasteiger partial charge in [0.05, 0.1) is 0 Å². The molecular formula is C11H21NO3. The maximum atomic E-state index is 11.3. The van der Waals surface area contributed by atoms with Gasteiger partial charge in [-0.05, 0) is 39.3 Å². The quantitative estimate of drug-likeness (QED) is 0.752. The number of hydrogen-bond donors (Lipinski definition) is 1. The number of rotatable bonds is 5. The van der Waals surface area contributed by atoms with E-state index in [0.29, 0.717) is 13.0 Å². The molecule has 0 spiro atoms. The number of piperidine rings is 1. The molecule has 15 heavy (non-hydrogen) atoms. The summed E-state index contributed by atoms with van der Waals surface area (Å²) in [6.07, 6.45) is 3.99. The van der Waals surface area contributed by atoms with Gasteiger partial charge in [-0.15, -0.1) is 0 Å². The van der Waals surface area contributed by atoms with Gasteiger partial charge in [-0.2, -0.15) is 0 Å². The summed E-state index contributed by atoms with van der Waals surface area (Å²) in [6.45, 7) is 4.10. The van der Waals surface area contributed by atoms with Crippen LogP contribution in [-0.2, 0) is 9.53 Å². The lowest BCUT2D eigenvalue weighted by Gasteiger charge is -2.40. The van der Waals surface area contributed by atoms with Gasteiger partial charge in [-0.1, -0.05) is 6.42 Å². The zero-order valence-corrected chi connectivity index (χ0v) is 9.66. The zero-order valence-electron chi connectivity index (χ0n) is 9.66. The van der Waals surface area contributed by atoms with Gasteiger partial charge in [-0.3, -0.25) is 9.69 Å². The van der Waals surface area contributed by atoms with E-state index in [1.54, 1.807) is 14.0 Å². The van der Waals surface area contributed by atoms with E-state index in [4.69, 9.17) is 4.74 Å². The maximum absolute atomic E-state index is 11.3. The molecule has 4 heteroatoms. The van der Waals surface area contributed by atoms with Crippen LogP contribution in [-0.4, -0.2) is 48.3 Å². The van der Waals surface area contributed by atoms with Crippen molar-refractivity contribution < 1.29 is 14.6 Å². The standard InChI is InChI=1S/C11H21NO3/c1-11(10(13)14,6-9-15-2)12-7-4-3-5-8-12/h3-9H2,1-2H3,(H,13,14). The highest BCUT2D eigenvalue weighted by atomic mass is 16.5. The fraction of sp³-hybridized carbons (Fsp3) is 0.909.